The van der Waals surface area contributed by atoms with Gasteiger partial charge in [-0.1, -0.05) is 52.9 Å². The summed E-state index contributed by atoms with van der Waals surface area (Å²) in [5.41, 5.74) is 0. The highest BCUT2D eigenvalue weighted by Gasteiger charge is 2.12. The standard InChI is InChI=1S/C13H26O2/c1-4-6-7-8-9-11-15-13(14)12(3)10-5-2/h12H,4-11H2,1-3H3. The molecular weight excluding hydrogens is 188 g/mol. The van der Waals surface area contributed by atoms with Crippen LogP contribution in [0.15, 0.2) is 0 Å². The van der Waals surface area contributed by atoms with Crippen molar-refractivity contribution >= 4 is 5.97 Å². The van der Waals surface area contributed by atoms with Crippen LogP contribution in [0, 0.1) is 5.92 Å². The minimum absolute atomic E-state index is 0.0210. The van der Waals surface area contributed by atoms with Crippen molar-refractivity contribution in [3.8, 4) is 0 Å². The van der Waals surface area contributed by atoms with Gasteiger partial charge in [0.05, 0.1) is 12.5 Å². The quantitative estimate of drug-likeness (QED) is 0.429. The zero-order chi connectivity index (χ0) is 11.5. The molecule has 0 aliphatic carbocycles. The second kappa shape index (κ2) is 10.0. The van der Waals surface area contributed by atoms with Gasteiger partial charge in [0.2, 0.25) is 0 Å². The molecule has 0 spiro atoms. The van der Waals surface area contributed by atoms with Crippen LogP contribution >= 0.6 is 0 Å². The number of carbonyl (C=O) groups excluding carboxylic acids is 1. The van der Waals surface area contributed by atoms with Gasteiger partial charge < -0.3 is 4.74 Å². The third kappa shape index (κ3) is 8.46. The van der Waals surface area contributed by atoms with Gasteiger partial charge in [-0.15, -0.1) is 0 Å². The smallest absolute Gasteiger partial charge is 0.308 e. The summed E-state index contributed by atoms with van der Waals surface area (Å²) in [6.07, 6.45) is 8.00. The number of hydrogen-bond acceptors (Lipinski definition) is 2. The molecule has 0 saturated carbocycles. The van der Waals surface area contributed by atoms with Gasteiger partial charge in [0, 0.05) is 0 Å². The van der Waals surface area contributed by atoms with Crippen molar-refractivity contribution in [3.05, 3.63) is 0 Å². The first kappa shape index (κ1) is 14.5. The first-order chi connectivity index (χ1) is 7.22. The molecule has 0 N–H and O–H groups in total. The molecule has 0 aliphatic rings. The van der Waals surface area contributed by atoms with Crippen molar-refractivity contribution in [3.63, 3.8) is 0 Å². The lowest BCUT2D eigenvalue weighted by Crippen LogP contribution is -2.15. The lowest BCUT2D eigenvalue weighted by atomic mass is 10.1. The summed E-state index contributed by atoms with van der Waals surface area (Å²) in [5, 5.41) is 0. The second-order valence-electron chi connectivity index (χ2n) is 4.27. The molecule has 0 heterocycles. The van der Waals surface area contributed by atoms with E-state index in [4.69, 9.17) is 4.74 Å². The molecule has 0 bridgehead atoms. The van der Waals surface area contributed by atoms with E-state index < -0.39 is 0 Å². The van der Waals surface area contributed by atoms with E-state index in [9.17, 15) is 4.79 Å². The van der Waals surface area contributed by atoms with Crippen molar-refractivity contribution in [1.82, 2.24) is 0 Å². The maximum absolute atomic E-state index is 11.4. The molecule has 0 amide bonds. The Morgan fingerprint density at radius 3 is 2.33 bits per heavy atom. The normalized spacial score (nSPS) is 12.5. The van der Waals surface area contributed by atoms with Crippen LogP contribution in [0.2, 0.25) is 0 Å². The Balaban J connectivity index is 3.30. The van der Waals surface area contributed by atoms with Crippen molar-refractivity contribution in [2.45, 2.75) is 65.7 Å². The molecule has 2 nitrogen and oxygen atoms in total. The Hall–Kier alpha value is -0.530. The second-order valence-corrected chi connectivity index (χ2v) is 4.27. The van der Waals surface area contributed by atoms with Crippen LogP contribution in [0.5, 0.6) is 0 Å². The van der Waals surface area contributed by atoms with Gasteiger partial charge in [-0.3, -0.25) is 4.79 Å². The molecule has 1 atom stereocenters. The molecule has 0 saturated heterocycles. The van der Waals surface area contributed by atoms with Gasteiger partial charge in [-0.2, -0.15) is 0 Å². The van der Waals surface area contributed by atoms with E-state index in [0.29, 0.717) is 6.61 Å². The molecule has 0 aliphatic heterocycles. The molecule has 1 unspecified atom stereocenters. The molecule has 0 radical (unpaired) electrons. The summed E-state index contributed by atoms with van der Waals surface area (Å²) in [6, 6.07) is 0. The SMILES string of the molecule is CCCCCCCOC(=O)C(C)CCC. The molecular formula is C13H26O2. The fourth-order valence-corrected chi connectivity index (χ4v) is 1.57. The van der Waals surface area contributed by atoms with Crippen LogP contribution in [0.3, 0.4) is 0 Å². The Morgan fingerprint density at radius 2 is 1.73 bits per heavy atom. The van der Waals surface area contributed by atoms with Crippen molar-refractivity contribution in [2.24, 2.45) is 5.92 Å². The average molecular weight is 214 g/mol. The Labute approximate surface area is 94.4 Å². The van der Waals surface area contributed by atoms with Gasteiger partial charge in [0.25, 0.3) is 0 Å². The number of rotatable bonds is 9. The zero-order valence-electron chi connectivity index (χ0n) is 10.6. The minimum Gasteiger partial charge on any atom is -0.465 e. The molecule has 2 heteroatoms. The predicted molar refractivity (Wildman–Crippen MR) is 63.8 cm³/mol. The third-order valence-electron chi connectivity index (χ3n) is 2.62. The first-order valence-corrected chi connectivity index (χ1v) is 6.39. The molecule has 0 aromatic carbocycles. The number of unbranched alkanes of at least 4 members (excludes halogenated alkanes) is 4. The molecule has 15 heavy (non-hydrogen) atoms. The highest BCUT2D eigenvalue weighted by Crippen LogP contribution is 2.08. The molecule has 0 fully saturated rings. The summed E-state index contributed by atoms with van der Waals surface area (Å²) in [7, 11) is 0. The van der Waals surface area contributed by atoms with Crippen LogP contribution in [0.1, 0.15) is 65.7 Å². The van der Waals surface area contributed by atoms with Crippen molar-refractivity contribution in [2.75, 3.05) is 6.61 Å². The summed E-state index contributed by atoms with van der Waals surface area (Å²) in [6.45, 7) is 6.85. The van der Waals surface area contributed by atoms with Crippen molar-refractivity contribution in [1.29, 1.82) is 0 Å². The van der Waals surface area contributed by atoms with E-state index in [2.05, 4.69) is 13.8 Å². The van der Waals surface area contributed by atoms with Crippen LogP contribution in [0.4, 0.5) is 0 Å². The van der Waals surface area contributed by atoms with Crippen LogP contribution in [-0.2, 0) is 9.53 Å². The van der Waals surface area contributed by atoms with E-state index in [1.54, 1.807) is 0 Å². The van der Waals surface area contributed by atoms with Crippen LogP contribution < -0.4 is 0 Å². The Bertz CT molecular complexity index is 155. The zero-order valence-corrected chi connectivity index (χ0v) is 10.6. The van der Waals surface area contributed by atoms with Gasteiger partial charge in [-0.25, -0.2) is 0 Å². The Kier molecular flexibility index (Phi) is 9.65. The maximum Gasteiger partial charge on any atom is 0.308 e. The maximum atomic E-state index is 11.4. The van der Waals surface area contributed by atoms with E-state index in [-0.39, 0.29) is 11.9 Å². The first-order valence-electron chi connectivity index (χ1n) is 6.39. The summed E-state index contributed by atoms with van der Waals surface area (Å²) in [5.74, 6) is 0.0537. The third-order valence-corrected chi connectivity index (χ3v) is 2.62. The van der Waals surface area contributed by atoms with Gasteiger partial charge >= 0.3 is 5.97 Å². The van der Waals surface area contributed by atoms with Gasteiger partial charge in [-0.05, 0) is 12.8 Å². The van der Waals surface area contributed by atoms with E-state index in [0.717, 1.165) is 19.3 Å². The number of hydrogen-bond donors (Lipinski definition) is 0. The van der Waals surface area contributed by atoms with E-state index >= 15 is 0 Å². The fraction of sp³-hybridized carbons (Fsp3) is 0.923. The molecule has 0 rings (SSSR count). The largest absolute Gasteiger partial charge is 0.465 e. The summed E-state index contributed by atoms with van der Waals surface area (Å²) in [4.78, 5) is 11.4. The summed E-state index contributed by atoms with van der Waals surface area (Å²) < 4.78 is 5.20. The predicted octanol–water partition coefficient (Wildman–Crippen LogP) is 3.94. The molecule has 0 aromatic heterocycles. The topological polar surface area (TPSA) is 26.3 Å². The van der Waals surface area contributed by atoms with E-state index in [1.807, 2.05) is 6.92 Å². The monoisotopic (exact) mass is 214 g/mol. The molecule has 90 valence electrons. The average Bonchev–Trinajstić information content (AvgIpc) is 2.23. The lowest BCUT2D eigenvalue weighted by Gasteiger charge is -2.09. The van der Waals surface area contributed by atoms with Gasteiger partial charge in [0.1, 0.15) is 0 Å². The Morgan fingerprint density at radius 1 is 1.07 bits per heavy atom. The van der Waals surface area contributed by atoms with E-state index in [1.165, 1.54) is 25.7 Å². The van der Waals surface area contributed by atoms with Crippen LogP contribution in [0.25, 0.3) is 0 Å². The highest BCUT2D eigenvalue weighted by atomic mass is 16.5. The minimum atomic E-state index is -0.0210. The molecule has 0 aromatic rings. The van der Waals surface area contributed by atoms with Gasteiger partial charge in [0.15, 0.2) is 0 Å². The number of ether oxygens (including phenoxy) is 1. The fourth-order valence-electron chi connectivity index (χ4n) is 1.57. The number of esters is 1. The summed E-state index contributed by atoms with van der Waals surface area (Å²) >= 11 is 0. The van der Waals surface area contributed by atoms with Crippen molar-refractivity contribution < 1.29 is 9.53 Å². The number of carbonyl (C=O) groups is 1. The lowest BCUT2D eigenvalue weighted by molar-refractivity contribution is -0.148. The highest BCUT2D eigenvalue weighted by molar-refractivity contribution is 5.71. The van der Waals surface area contributed by atoms with Crippen LogP contribution in [-0.4, -0.2) is 12.6 Å².